The molecule has 2 aromatic carbocycles. The molecule has 2 amide bonds. The number of para-hydroxylation sites is 1. The maximum Gasteiger partial charge on any atom is 0.255 e. The van der Waals surface area contributed by atoms with E-state index in [0.717, 1.165) is 17.7 Å². The summed E-state index contributed by atoms with van der Waals surface area (Å²) in [4.78, 5) is 26.0. The molecule has 0 aliphatic rings. The Morgan fingerprint density at radius 2 is 1.79 bits per heavy atom. The lowest BCUT2D eigenvalue weighted by atomic mass is 10.1. The molecule has 0 spiro atoms. The zero-order valence-electron chi connectivity index (χ0n) is 13.5. The number of halogens is 2. The summed E-state index contributed by atoms with van der Waals surface area (Å²) in [7, 11) is 1.55. The summed E-state index contributed by atoms with van der Waals surface area (Å²) in [6.45, 7) is 1.93. The number of amides is 2. The van der Waals surface area contributed by atoms with Crippen molar-refractivity contribution in [2.75, 3.05) is 18.9 Å². The van der Waals surface area contributed by atoms with Gasteiger partial charge in [-0.05, 0) is 30.2 Å². The fraction of sp³-hybridized carbons (Fsp3) is 0.222. The van der Waals surface area contributed by atoms with Crippen LogP contribution in [0.4, 0.5) is 5.69 Å². The first kappa shape index (κ1) is 18.3. The zero-order chi connectivity index (χ0) is 17.7. The summed E-state index contributed by atoms with van der Waals surface area (Å²) in [6.07, 6.45) is 0.809. The van der Waals surface area contributed by atoms with Crippen LogP contribution in [0.25, 0.3) is 0 Å². The van der Waals surface area contributed by atoms with Crippen molar-refractivity contribution in [3.63, 3.8) is 0 Å². The van der Waals surface area contributed by atoms with Crippen LogP contribution in [-0.4, -0.2) is 30.3 Å². The second kappa shape index (κ2) is 8.18. The van der Waals surface area contributed by atoms with Crippen LogP contribution in [0.3, 0.4) is 0 Å². The highest BCUT2D eigenvalue weighted by molar-refractivity contribution is 6.43. The van der Waals surface area contributed by atoms with E-state index in [-0.39, 0.29) is 28.9 Å². The van der Waals surface area contributed by atoms with Gasteiger partial charge in [0, 0.05) is 12.7 Å². The first-order chi connectivity index (χ1) is 11.4. The summed E-state index contributed by atoms with van der Waals surface area (Å²) < 4.78 is 0. The summed E-state index contributed by atoms with van der Waals surface area (Å²) >= 11 is 12.0. The monoisotopic (exact) mass is 364 g/mol. The molecule has 6 heteroatoms. The van der Waals surface area contributed by atoms with E-state index in [9.17, 15) is 9.59 Å². The summed E-state index contributed by atoms with van der Waals surface area (Å²) in [5.41, 5.74) is 2.07. The normalized spacial score (nSPS) is 10.3. The molecule has 0 aliphatic heterocycles. The molecule has 0 aliphatic carbocycles. The van der Waals surface area contributed by atoms with E-state index in [1.54, 1.807) is 25.2 Å². The van der Waals surface area contributed by atoms with Crippen molar-refractivity contribution >= 4 is 40.7 Å². The van der Waals surface area contributed by atoms with Crippen molar-refractivity contribution in [3.05, 3.63) is 63.6 Å². The number of hydrogen-bond donors (Lipinski definition) is 1. The highest BCUT2D eigenvalue weighted by atomic mass is 35.5. The Hall–Kier alpha value is -2.04. The van der Waals surface area contributed by atoms with Gasteiger partial charge in [-0.2, -0.15) is 0 Å². The molecular formula is C18H18Cl2N2O2. The van der Waals surface area contributed by atoms with Gasteiger partial charge < -0.3 is 10.2 Å². The largest absolute Gasteiger partial charge is 0.332 e. The van der Waals surface area contributed by atoms with Crippen molar-refractivity contribution in [3.8, 4) is 0 Å². The quantitative estimate of drug-likeness (QED) is 0.861. The number of carbonyl (C=O) groups is 2. The third-order valence-electron chi connectivity index (χ3n) is 3.58. The van der Waals surface area contributed by atoms with Gasteiger partial charge in [-0.25, -0.2) is 0 Å². The van der Waals surface area contributed by atoms with Crippen LogP contribution in [0.5, 0.6) is 0 Å². The number of rotatable bonds is 5. The SMILES string of the molecule is CCc1ccccc1NC(=O)CN(C)C(=O)c1cccc(Cl)c1Cl. The number of hydrogen-bond acceptors (Lipinski definition) is 2. The molecule has 2 rings (SSSR count). The summed E-state index contributed by atoms with van der Waals surface area (Å²) in [5, 5.41) is 3.32. The number of nitrogens with one attached hydrogen (secondary N) is 1. The molecule has 24 heavy (non-hydrogen) atoms. The molecule has 0 bridgehead atoms. The lowest BCUT2D eigenvalue weighted by molar-refractivity contribution is -0.116. The minimum absolute atomic E-state index is 0.0836. The Balaban J connectivity index is 2.06. The molecule has 0 saturated carbocycles. The molecular weight excluding hydrogens is 347 g/mol. The van der Waals surface area contributed by atoms with Crippen molar-refractivity contribution in [2.45, 2.75) is 13.3 Å². The van der Waals surface area contributed by atoms with Crippen molar-refractivity contribution < 1.29 is 9.59 Å². The number of carbonyl (C=O) groups excluding carboxylic acids is 2. The molecule has 0 atom stereocenters. The van der Waals surface area contributed by atoms with Crippen molar-refractivity contribution in [1.29, 1.82) is 0 Å². The van der Waals surface area contributed by atoms with Gasteiger partial charge in [0.25, 0.3) is 5.91 Å². The number of nitrogens with zero attached hydrogens (tertiary/aromatic N) is 1. The molecule has 0 unspecified atom stereocenters. The van der Waals surface area contributed by atoms with Gasteiger partial charge in [0.1, 0.15) is 0 Å². The predicted molar refractivity (Wildman–Crippen MR) is 97.9 cm³/mol. The highest BCUT2D eigenvalue weighted by Gasteiger charge is 2.19. The molecule has 0 heterocycles. The molecule has 1 N–H and O–H groups in total. The van der Waals surface area contributed by atoms with Crippen LogP contribution in [0.1, 0.15) is 22.8 Å². The molecule has 0 radical (unpaired) electrons. The third-order valence-corrected chi connectivity index (χ3v) is 4.40. The first-order valence-corrected chi connectivity index (χ1v) is 8.26. The zero-order valence-corrected chi connectivity index (χ0v) is 15.0. The molecule has 0 aromatic heterocycles. The number of aryl methyl sites for hydroxylation is 1. The number of benzene rings is 2. The Morgan fingerprint density at radius 3 is 2.50 bits per heavy atom. The Morgan fingerprint density at radius 1 is 1.08 bits per heavy atom. The Kier molecular flexibility index (Phi) is 6.23. The fourth-order valence-corrected chi connectivity index (χ4v) is 2.68. The van der Waals surface area contributed by atoms with Gasteiger partial charge >= 0.3 is 0 Å². The molecule has 4 nitrogen and oxygen atoms in total. The number of likely N-dealkylation sites (N-methyl/N-ethyl adjacent to an activating group) is 1. The fourth-order valence-electron chi connectivity index (χ4n) is 2.30. The molecule has 0 fully saturated rings. The standard InChI is InChI=1S/C18H18Cl2N2O2/c1-3-12-7-4-5-10-15(12)21-16(23)11-22(2)18(24)13-8-6-9-14(19)17(13)20/h4-10H,3,11H2,1-2H3,(H,21,23). The molecule has 0 saturated heterocycles. The second-order valence-corrected chi connectivity index (χ2v) is 6.11. The van der Waals surface area contributed by atoms with Crippen LogP contribution in [0.15, 0.2) is 42.5 Å². The topological polar surface area (TPSA) is 49.4 Å². The highest BCUT2D eigenvalue weighted by Crippen LogP contribution is 2.26. The number of anilines is 1. The van der Waals surface area contributed by atoms with Crippen LogP contribution in [-0.2, 0) is 11.2 Å². The maximum atomic E-state index is 12.4. The van der Waals surface area contributed by atoms with E-state index in [0.29, 0.717) is 5.02 Å². The first-order valence-electron chi connectivity index (χ1n) is 7.51. The molecule has 126 valence electrons. The van der Waals surface area contributed by atoms with Gasteiger partial charge in [-0.3, -0.25) is 9.59 Å². The second-order valence-electron chi connectivity index (χ2n) is 5.32. The average molecular weight is 365 g/mol. The Labute approximate surface area is 151 Å². The van der Waals surface area contributed by atoms with E-state index in [4.69, 9.17) is 23.2 Å². The lowest BCUT2D eigenvalue weighted by Gasteiger charge is -2.18. The average Bonchev–Trinajstić information content (AvgIpc) is 2.57. The smallest absolute Gasteiger partial charge is 0.255 e. The van der Waals surface area contributed by atoms with Gasteiger partial charge in [-0.15, -0.1) is 0 Å². The van der Waals surface area contributed by atoms with Crippen molar-refractivity contribution in [2.24, 2.45) is 0 Å². The predicted octanol–water partition coefficient (Wildman–Crippen LogP) is 4.27. The van der Waals surface area contributed by atoms with E-state index < -0.39 is 0 Å². The third kappa shape index (κ3) is 4.28. The van der Waals surface area contributed by atoms with Crippen molar-refractivity contribution in [1.82, 2.24) is 4.90 Å². The van der Waals surface area contributed by atoms with Gasteiger partial charge in [-0.1, -0.05) is 54.4 Å². The van der Waals surface area contributed by atoms with Crippen LogP contribution in [0, 0.1) is 0 Å². The van der Waals surface area contributed by atoms with Crippen LogP contribution in [0.2, 0.25) is 10.0 Å². The van der Waals surface area contributed by atoms with E-state index >= 15 is 0 Å². The van der Waals surface area contributed by atoms with Gasteiger partial charge in [0.05, 0.1) is 22.2 Å². The van der Waals surface area contributed by atoms with E-state index in [1.165, 1.54) is 4.90 Å². The van der Waals surface area contributed by atoms with E-state index in [1.807, 2.05) is 31.2 Å². The minimum Gasteiger partial charge on any atom is -0.332 e. The van der Waals surface area contributed by atoms with Crippen LogP contribution < -0.4 is 5.32 Å². The Bertz CT molecular complexity index is 762. The lowest BCUT2D eigenvalue weighted by Crippen LogP contribution is -2.35. The maximum absolute atomic E-state index is 12.4. The van der Waals surface area contributed by atoms with Gasteiger partial charge in [0.15, 0.2) is 0 Å². The molecule has 2 aromatic rings. The summed E-state index contributed by atoms with van der Waals surface area (Å²) in [5.74, 6) is -0.633. The van der Waals surface area contributed by atoms with E-state index in [2.05, 4.69) is 5.32 Å². The van der Waals surface area contributed by atoms with Gasteiger partial charge in [0.2, 0.25) is 5.91 Å². The summed E-state index contributed by atoms with van der Waals surface area (Å²) in [6, 6.07) is 12.4. The van der Waals surface area contributed by atoms with Crippen LogP contribution >= 0.6 is 23.2 Å². The minimum atomic E-state index is -0.360.